The van der Waals surface area contributed by atoms with Crippen molar-refractivity contribution < 1.29 is 4.42 Å². The van der Waals surface area contributed by atoms with Gasteiger partial charge >= 0.3 is 0 Å². The third kappa shape index (κ3) is 4.48. The van der Waals surface area contributed by atoms with Crippen LogP contribution in [0.25, 0.3) is 99.7 Å². The SMILES string of the molecule is c1ccc(-c2nc(-c3ccc(-c4cc5ncccc5c5ccc6ccccc6c45)cc3)nc(-c3cccc4oc5ccccc5c34)n2)cc1. The summed E-state index contributed by atoms with van der Waals surface area (Å²) in [7, 11) is 0. The summed E-state index contributed by atoms with van der Waals surface area (Å²) in [5.41, 5.74) is 7.59. The Hall–Kier alpha value is -6.72. The number of hydrogen-bond donors (Lipinski definition) is 0. The maximum atomic E-state index is 6.21. The summed E-state index contributed by atoms with van der Waals surface area (Å²) < 4.78 is 6.21. The molecule has 0 atom stereocenters. The molecule has 0 aliphatic rings. The standard InChI is InChI=1S/C44H26N4O/c1-2-11-29(12-3-1)42-46-43(48-44(47-42)35-15-8-18-39-41(35)34-14-6-7-17-38(34)49-39)30-21-19-28(20-22-30)36-26-37-32(16-9-25-45-37)33-24-23-27-10-4-5-13-31(27)40(33)36/h1-26H. The summed E-state index contributed by atoms with van der Waals surface area (Å²) in [4.78, 5) is 19.9. The third-order valence-electron chi connectivity index (χ3n) is 9.37. The van der Waals surface area contributed by atoms with Gasteiger partial charge in [0.2, 0.25) is 0 Å². The minimum Gasteiger partial charge on any atom is -0.456 e. The highest BCUT2D eigenvalue weighted by Gasteiger charge is 2.18. The molecule has 49 heavy (non-hydrogen) atoms. The first kappa shape index (κ1) is 27.4. The van der Waals surface area contributed by atoms with Gasteiger partial charge in [-0.2, -0.15) is 0 Å². The Morgan fingerprint density at radius 3 is 1.92 bits per heavy atom. The first-order valence-electron chi connectivity index (χ1n) is 16.3. The number of nitrogens with zero attached hydrogens (tertiary/aromatic N) is 4. The van der Waals surface area contributed by atoms with E-state index >= 15 is 0 Å². The molecular weight excluding hydrogens is 601 g/mol. The molecule has 0 saturated carbocycles. The van der Waals surface area contributed by atoms with Gasteiger partial charge in [0.1, 0.15) is 11.2 Å². The molecular formula is C44H26N4O. The molecule has 0 amide bonds. The Kier molecular flexibility index (Phi) is 6.11. The van der Waals surface area contributed by atoms with Crippen LogP contribution in [-0.4, -0.2) is 19.9 Å². The van der Waals surface area contributed by atoms with Gasteiger partial charge in [0.05, 0.1) is 5.52 Å². The van der Waals surface area contributed by atoms with Crippen LogP contribution in [0.1, 0.15) is 0 Å². The molecule has 0 aliphatic carbocycles. The Morgan fingerprint density at radius 1 is 0.388 bits per heavy atom. The molecule has 0 radical (unpaired) electrons. The molecule has 228 valence electrons. The Balaban J connectivity index is 1.16. The van der Waals surface area contributed by atoms with Gasteiger partial charge in [0, 0.05) is 39.0 Å². The van der Waals surface area contributed by atoms with E-state index < -0.39 is 0 Å². The van der Waals surface area contributed by atoms with Crippen LogP contribution in [0.3, 0.4) is 0 Å². The molecule has 10 rings (SSSR count). The summed E-state index contributed by atoms with van der Waals surface area (Å²) in [6.07, 6.45) is 1.86. The zero-order valence-electron chi connectivity index (χ0n) is 26.2. The summed E-state index contributed by atoms with van der Waals surface area (Å²) >= 11 is 0. The molecule has 0 unspecified atom stereocenters. The maximum Gasteiger partial charge on any atom is 0.164 e. The van der Waals surface area contributed by atoms with Crippen molar-refractivity contribution in [2.75, 3.05) is 0 Å². The van der Waals surface area contributed by atoms with E-state index in [2.05, 4.69) is 84.9 Å². The summed E-state index contributed by atoms with van der Waals surface area (Å²) in [6, 6.07) is 52.1. The highest BCUT2D eigenvalue weighted by Crippen LogP contribution is 2.40. The number of benzene rings is 7. The molecule has 5 heteroatoms. The van der Waals surface area contributed by atoms with E-state index in [1.54, 1.807) is 0 Å². The van der Waals surface area contributed by atoms with E-state index in [9.17, 15) is 0 Å². The van der Waals surface area contributed by atoms with E-state index in [0.29, 0.717) is 17.5 Å². The van der Waals surface area contributed by atoms with Crippen molar-refractivity contribution >= 4 is 54.4 Å². The molecule has 0 bridgehead atoms. The average Bonchev–Trinajstić information content (AvgIpc) is 3.57. The minimum absolute atomic E-state index is 0.600. The molecule has 10 aromatic rings. The normalized spacial score (nSPS) is 11.7. The topological polar surface area (TPSA) is 64.7 Å². The first-order valence-corrected chi connectivity index (χ1v) is 16.3. The fourth-order valence-electron chi connectivity index (χ4n) is 7.08. The molecule has 0 N–H and O–H groups in total. The van der Waals surface area contributed by atoms with Crippen LogP contribution in [0.2, 0.25) is 0 Å². The van der Waals surface area contributed by atoms with Gasteiger partial charge in [-0.05, 0) is 56.9 Å². The Bertz CT molecular complexity index is 2880. The molecule has 3 aromatic heterocycles. The summed E-state index contributed by atoms with van der Waals surface area (Å²) in [5.74, 6) is 1.83. The van der Waals surface area contributed by atoms with Gasteiger partial charge in [-0.3, -0.25) is 4.98 Å². The molecule has 0 fully saturated rings. The predicted molar refractivity (Wildman–Crippen MR) is 199 cm³/mol. The average molecular weight is 627 g/mol. The lowest BCUT2D eigenvalue weighted by Gasteiger charge is -2.14. The van der Waals surface area contributed by atoms with Crippen LogP contribution in [-0.2, 0) is 0 Å². The van der Waals surface area contributed by atoms with Gasteiger partial charge in [-0.25, -0.2) is 15.0 Å². The van der Waals surface area contributed by atoms with Crippen molar-refractivity contribution in [2.45, 2.75) is 0 Å². The second-order valence-electron chi connectivity index (χ2n) is 12.2. The third-order valence-corrected chi connectivity index (χ3v) is 9.37. The highest BCUT2D eigenvalue weighted by atomic mass is 16.3. The van der Waals surface area contributed by atoms with Crippen molar-refractivity contribution in [1.29, 1.82) is 0 Å². The molecule has 5 nitrogen and oxygen atoms in total. The molecule has 0 spiro atoms. The van der Waals surface area contributed by atoms with Crippen molar-refractivity contribution in [3.63, 3.8) is 0 Å². The highest BCUT2D eigenvalue weighted by molar-refractivity contribution is 6.22. The Morgan fingerprint density at radius 2 is 1.06 bits per heavy atom. The second-order valence-corrected chi connectivity index (χ2v) is 12.2. The zero-order chi connectivity index (χ0) is 32.3. The number of furan rings is 1. The first-order chi connectivity index (χ1) is 24.3. The van der Waals surface area contributed by atoms with Crippen LogP contribution in [0.15, 0.2) is 162 Å². The van der Waals surface area contributed by atoms with E-state index in [0.717, 1.165) is 60.7 Å². The van der Waals surface area contributed by atoms with Crippen LogP contribution >= 0.6 is 0 Å². The lowest BCUT2D eigenvalue weighted by atomic mass is 9.91. The number of fused-ring (bicyclic) bond motifs is 8. The Labute approximate surface area is 281 Å². The molecule has 0 aliphatic heterocycles. The smallest absolute Gasteiger partial charge is 0.164 e. The fourth-order valence-corrected chi connectivity index (χ4v) is 7.08. The van der Waals surface area contributed by atoms with Crippen molar-refractivity contribution in [3.8, 4) is 45.3 Å². The van der Waals surface area contributed by atoms with Crippen LogP contribution in [0, 0.1) is 0 Å². The number of hydrogen-bond acceptors (Lipinski definition) is 5. The number of para-hydroxylation sites is 1. The summed E-state index contributed by atoms with van der Waals surface area (Å²) in [6.45, 7) is 0. The van der Waals surface area contributed by atoms with Crippen molar-refractivity contribution in [2.24, 2.45) is 0 Å². The van der Waals surface area contributed by atoms with E-state index in [4.69, 9.17) is 24.4 Å². The summed E-state index contributed by atoms with van der Waals surface area (Å²) in [5, 5.41) is 8.02. The number of rotatable bonds is 4. The second kappa shape index (κ2) is 10.9. The minimum atomic E-state index is 0.600. The maximum absolute atomic E-state index is 6.21. The van der Waals surface area contributed by atoms with E-state index in [1.807, 2.05) is 72.9 Å². The zero-order valence-corrected chi connectivity index (χ0v) is 26.2. The molecule has 3 heterocycles. The van der Waals surface area contributed by atoms with Crippen LogP contribution < -0.4 is 0 Å². The van der Waals surface area contributed by atoms with Crippen LogP contribution in [0.5, 0.6) is 0 Å². The van der Waals surface area contributed by atoms with Gasteiger partial charge in [-0.1, -0.05) is 127 Å². The van der Waals surface area contributed by atoms with Crippen molar-refractivity contribution in [1.82, 2.24) is 19.9 Å². The van der Waals surface area contributed by atoms with Gasteiger partial charge in [-0.15, -0.1) is 0 Å². The van der Waals surface area contributed by atoms with Crippen molar-refractivity contribution in [3.05, 3.63) is 158 Å². The fraction of sp³-hybridized carbons (Fsp3) is 0. The number of pyridine rings is 1. The predicted octanol–water partition coefficient (Wildman–Crippen LogP) is 11.3. The van der Waals surface area contributed by atoms with E-state index in [-0.39, 0.29) is 0 Å². The van der Waals surface area contributed by atoms with E-state index in [1.165, 1.54) is 21.5 Å². The largest absolute Gasteiger partial charge is 0.456 e. The van der Waals surface area contributed by atoms with Gasteiger partial charge in [0.15, 0.2) is 17.5 Å². The van der Waals surface area contributed by atoms with Crippen LogP contribution in [0.4, 0.5) is 0 Å². The molecule has 0 saturated heterocycles. The molecule has 7 aromatic carbocycles. The lowest BCUT2D eigenvalue weighted by molar-refractivity contribution is 0.669. The lowest BCUT2D eigenvalue weighted by Crippen LogP contribution is -2.00. The quantitative estimate of drug-likeness (QED) is 0.182. The number of aromatic nitrogens is 4. The monoisotopic (exact) mass is 626 g/mol. The van der Waals surface area contributed by atoms with Gasteiger partial charge in [0.25, 0.3) is 0 Å². The van der Waals surface area contributed by atoms with Gasteiger partial charge < -0.3 is 4.42 Å².